The van der Waals surface area contributed by atoms with Gasteiger partial charge in [0.05, 0.1) is 8.66 Å². The quantitative estimate of drug-likeness (QED) is 0.607. The largest absolute Gasteiger partial charge is 0.367 e. The third-order valence-electron chi connectivity index (χ3n) is 3.98. The van der Waals surface area contributed by atoms with Crippen LogP contribution in [0.2, 0.25) is 0 Å². The Kier molecular flexibility index (Phi) is 5.55. The molecular formula is C18H18BrN3O2S. The molecule has 0 aliphatic rings. The van der Waals surface area contributed by atoms with Crippen molar-refractivity contribution in [3.63, 3.8) is 0 Å². The number of nitrogens with zero attached hydrogens (tertiary/aromatic N) is 1. The Bertz CT molecular complexity index is 860. The summed E-state index contributed by atoms with van der Waals surface area (Å²) in [7, 11) is 0. The molecule has 0 saturated heterocycles. The molecule has 2 aromatic heterocycles. The molecule has 1 amide bonds. The number of anilines is 1. The summed E-state index contributed by atoms with van der Waals surface area (Å²) in [4.78, 5) is 13.4. The van der Waals surface area contributed by atoms with E-state index in [1.165, 1.54) is 16.9 Å². The Morgan fingerprint density at radius 3 is 2.76 bits per heavy atom. The van der Waals surface area contributed by atoms with Crippen molar-refractivity contribution in [3.8, 4) is 10.6 Å². The molecular weight excluding hydrogens is 402 g/mol. The third kappa shape index (κ3) is 4.11. The van der Waals surface area contributed by atoms with Crippen LogP contribution in [-0.4, -0.2) is 17.6 Å². The van der Waals surface area contributed by atoms with Crippen molar-refractivity contribution in [1.29, 1.82) is 0 Å². The Labute approximate surface area is 158 Å². The van der Waals surface area contributed by atoms with E-state index in [0.29, 0.717) is 23.7 Å². The standard InChI is InChI=1S/C18H18BrN3O2S/c1-11(12-5-3-2-4-6-12)9-10-21-18(23)15-16(22-24-17(15)20)13-7-8-14(19)25-13/h2-8,11H,9-10,20H2,1H3,(H,21,23). The Balaban J connectivity index is 1.65. The minimum Gasteiger partial charge on any atom is -0.367 e. The zero-order valence-corrected chi connectivity index (χ0v) is 16.1. The fourth-order valence-corrected chi connectivity index (χ4v) is 3.94. The lowest BCUT2D eigenvalue weighted by molar-refractivity contribution is 0.0954. The Hall–Kier alpha value is -2.12. The number of benzene rings is 1. The van der Waals surface area contributed by atoms with E-state index in [0.717, 1.165) is 15.1 Å². The fourth-order valence-electron chi connectivity index (χ4n) is 2.57. The Morgan fingerprint density at radius 2 is 2.08 bits per heavy atom. The number of rotatable bonds is 6. The van der Waals surface area contributed by atoms with Gasteiger partial charge < -0.3 is 15.6 Å². The summed E-state index contributed by atoms with van der Waals surface area (Å²) in [6.07, 6.45) is 0.834. The van der Waals surface area contributed by atoms with Gasteiger partial charge in [-0.05, 0) is 46.0 Å². The van der Waals surface area contributed by atoms with Gasteiger partial charge in [-0.2, -0.15) is 0 Å². The highest BCUT2D eigenvalue weighted by Gasteiger charge is 2.23. The smallest absolute Gasteiger partial charge is 0.259 e. The van der Waals surface area contributed by atoms with Gasteiger partial charge in [0.15, 0.2) is 0 Å². The van der Waals surface area contributed by atoms with E-state index in [2.05, 4.69) is 45.5 Å². The van der Waals surface area contributed by atoms with Crippen LogP contribution in [0.25, 0.3) is 10.6 Å². The van der Waals surface area contributed by atoms with E-state index in [4.69, 9.17) is 10.3 Å². The second-order valence-corrected chi connectivity index (χ2v) is 8.19. The maximum atomic E-state index is 12.5. The maximum Gasteiger partial charge on any atom is 0.259 e. The highest BCUT2D eigenvalue weighted by atomic mass is 79.9. The third-order valence-corrected chi connectivity index (χ3v) is 5.61. The van der Waals surface area contributed by atoms with Gasteiger partial charge in [-0.25, -0.2) is 0 Å². The van der Waals surface area contributed by atoms with Gasteiger partial charge in [-0.3, -0.25) is 4.79 Å². The second-order valence-electron chi connectivity index (χ2n) is 5.73. The zero-order valence-electron chi connectivity index (χ0n) is 13.7. The van der Waals surface area contributed by atoms with Gasteiger partial charge in [0.25, 0.3) is 5.91 Å². The van der Waals surface area contributed by atoms with Crippen LogP contribution in [0.3, 0.4) is 0 Å². The van der Waals surface area contributed by atoms with Crippen molar-refractivity contribution in [2.24, 2.45) is 0 Å². The van der Waals surface area contributed by atoms with Crippen molar-refractivity contribution in [2.45, 2.75) is 19.3 Å². The van der Waals surface area contributed by atoms with Crippen LogP contribution >= 0.6 is 27.3 Å². The van der Waals surface area contributed by atoms with Crippen molar-refractivity contribution in [3.05, 3.63) is 57.4 Å². The first-order chi connectivity index (χ1) is 12.1. The van der Waals surface area contributed by atoms with Crippen molar-refractivity contribution in [2.75, 3.05) is 12.3 Å². The minimum atomic E-state index is -0.265. The number of nitrogens with one attached hydrogen (secondary N) is 1. The summed E-state index contributed by atoms with van der Waals surface area (Å²) in [5, 5.41) is 6.86. The summed E-state index contributed by atoms with van der Waals surface area (Å²) in [5.74, 6) is 0.126. The predicted octanol–water partition coefficient (Wildman–Crippen LogP) is 4.67. The van der Waals surface area contributed by atoms with Gasteiger partial charge in [0, 0.05) is 6.54 Å². The number of nitrogen functional groups attached to an aromatic ring is 1. The fraction of sp³-hybridized carbons (Fsp3) is 0.222. The molecule has 0 saturated carbocycles. The van der Waals surface area contributed by atoms with Crippen LogP contribution in [0.15, 0.2) is 50.8 Å². The first-order valence-corrected chi connectivity index (χ1v) is 9.51. The average Bonchev–Trinajstić information content (AvgIpc) is 3.21. The topological polar surface area (TPSA) is 81.2 Å². The first kappa shape index (κ1) is 17.7. The normalized spacial score (nSPS) is 12.1. The van der Waals surface area contributed by atoms with Gasteiger partial charge in [0.1, 0.15) is 11.3 Å². The maximum absolute atomic E-state index is 12.5. The lowest BCUT2D eigenvalue weighted by Crippen LogP contribution is -2.26. The van der Waals surface area contributed by atoms with Crippen LogP contribution in [0, 0.1) is 0 Å². The molecule has 0 radical (unpaired) electrons. The number of carbonyl (C=O) groups is 1. The van der Waals surface area contributed by atoms with Gasteiger partial charge in [0.2, 0.25) is 5.88 Å². The second kappa shape index (κ2) is 7.84. The number of nitrogens with two attached hydrogens (primary N) is 1. The SMILES string of the molecule is CC(CCNC(=O)c1c(-c2ccc(Br)s2)noc1N)c1ccccc1. The average molecular weight is 420 g/mol. The number of aromatic nitrogens is 1. The molecule has 2 heterocycles. The molecule has 0 bridgehead atoms. The highest BCUT2D eigenvalue weighted by Crippen LogP contribution is 2.34. The van der Waals surface area contributed by atoms with Crippen LogP contribution in [0.5, 0.6) is 0 Å². The lowest BCUT2D eigenvalue weighted by Gasteiger charge is -2.12. The van der Waals surface area contributed by atoms with Crippen molar-refractivity contribution in [1.82, 2.24) is 10.5 Å². The molecule has 3 aromatic rings. The van der Waals surface area contributed by atoms with Crippen LogP contribution in [0.4, 0.5) is 5.88 Å². The van der Waals surface area contributed by atoms with Gasteiger partial charge in [-0.15, -0.1) is 11.3 Å². The highest BCUT2D eigenvalue weighted by molar-refractivity contribution is 9.11. The monoisotopic (exact) mass is 419 g/mol. The summed E-state index contributed by atoms with van der Waals surface area (Å²) in [5.41, 5.74) is 7.83. The van der Waals surface area contributed by atoms with E-state index < -0.39 is 0 Å². The van der Waals surface area contributed by atoms with Gasteiger partial charge >= 0.3 is 0 Å². The van der Waals surface area contributed by atoms with Crippen LogP contribution < -0.4 is 11.1 Å². The van der Waals surface area contributed by atoms with E-state index in [-0.39, 0.29) is 11.8 Å². The molecule has 1 unspecified atom stereocenters. The number of amides is 1. The molecule has 25 heavy (non-hydrogen) atoms. The van der Waals surface area contributed by atoms with E-state index >= 15 is 0 Å². The van der Waals surface area contributed by atoms with Crippen LogP contribution in [0.1, 0.15) is 35.2 Å². The van der Waals surface area contributed by atoms with Crippen LogP contribution in [-0.2, 0) is 0 Å². The van der Waals surface area contributed by atoms with E-state index in [1.54, 1.807) is 0 Å². The zero-order chi connectivity index (χ0) is 17.8. The number of halogens is 1. The molecule has 1 aromatic carbocycles. The molecule has 3 rings (SSSR count). The van der Waals surface area contributed by atoms with E-state index in [1.807, 2.05) is 30.3 Å². The van der Waals surface area contributed by atoms with Crippen molar-refractivity contribution >= 4 is 39.1 Å². The number of thiophene rings is 1. The molecule has 0 fully saturated rings. The number of carbonyl (C=O) groups excluding carboxylic acids is 1. The molecule has 0 aliphatic heterocycles. The molecule has 3 N–H and O–H groups in total. The summed E-state index contributed by atoms with van der Waals surface area (Å²) < 4.78 is 5.99. The molecule has 0 aliphatic carbocycles. The lowest BCUT2D eigenvalue weighted by atomic mass is 9.98. The van der Waals surface area contributed by atoms with Crippen molar-refractivity contribution < 1.29 is 9.32 Å². The molecule has 0 spiro atoms. The van der Waals surface area contributed by atoms with E-state index in [9.17, 15) is 4.79 Å². The minimum absolute atomic E-state index is 0.0353. The number of hydrogen-bond donors (Lipinski definition) is 2. The summed E-state index contributed by atoms with van der Waals surface area (Å²) >= 11 is 4.88. The molecule has 5 nitrogen and oxygen atoms in total. The van der Waals surface area contributed by atoms with Gasteiger partial charge in [-0.1, -0.05) is 42.4 Å². The Morgan fingerprint density at radius 1 is 1.32 bits per heavy atom. The molecule has 1 atom stereocenters. The number of hydrogen-bond acceptors (Lipinski definition) is 5. The first-order valence-electron chi connectivity index (χ1n) is 7.90. The molecule has 7 heteroatoms. The molecule has 130 valence electrons. The predicted molar refractivity (Wildman–Crippen MR) is 104 cm³/mol. The summed E-state index contributed by atoms with van der Waals surface area (Å²) in [6, 6.07) is 14.0. The summed E-state index contributed by atoms with van der Waals surface area (Å²) in [6.45, 7) is 2.69.